The number of sulfonamides is 1. The van der Waals surface area contributed by atoms with E-state index in [0.717, 1.165) is 25.7 Å². The fourth-order valence-corrected chi connectivity index (χ4v) is 5.71. The Morgan fingerprint density at radius 3 is 2.63 bits per heavy atom. The van der Waals surface area contributed by atoms with Crippen LogP contribution in [0.2, 0.25) is 5.02 Å². The molecule has 0 N–H and O–H groups in total. The van der Waals surface area contributed by atoms with Gasteiger partial charge in [-0.05, 0) is 43.9 Å². The van der Waals surface area contributed by atoms with Crippen molar-refractivity contribution >= 4 is 33.5 Å². The topological polar surface area (TPSA) is 93.2 Å². The van der Waals surface area contributed by atoms with E-state index in [0.29, 0.717) is 19.8 Å². The average Bonchev–Trinajstić information content (AvgIpc) is 2.77. The molecule has 1 aromatic rings. The van der Waals surface area contributed by atoms with E-state index in [2.05, 4.69) is 0 Å². The predicted molar refractivity (Wildman–Crippen MR) is 111 cm³/mol. The summed E-state index contributed by atoms with van der Waals surface area (Å²) in [6.45, 7) is 3.37. The summed E-state index contributed by atoms with van der Waals surface area (Å²) in [5, 5.41) is 0.0215. The Labute approximate surface area is 182 Å². The standard InChI is InChI=1S/C20H27ClN2O6S/c1-2-16-5-3-4-8-23(16)19(24)14-29-20(25)15-6-7-17(21)18(13-15)30(26,27)22-9-11-28-12-10-22/h6-7,13,16H,2-5,8-12,14H2,1H3. The lowest BCUT2D eigenvalue weighted by atomic mass is 10.00. The Balaban J connectivity index is 1.69. The summed E-state index contributed by atoms with van der Waals surface area (Å²) in [4.78, 5) is 26.6. The summed E-state index contributed by atoms with van der Waals surface area (Å²) >= 11 is 6.12. The molecule has 2 heterocycles. The van der Waals surface area contributed by atoms with Gasteiger partial charge in [0.25, 0.3) is 5.91 Å². The highest BCUT2D eigenvalue weighted by atomic mass is 35.5. The third-order valence-corrected chi connectivity index (χ3v) is 7.88. The van der Waals surface area contributed by atoms with Crippen LogP contribution < -0.4 is 0 Å². The van der Waals surface area contributed by atoms with E-state index in [1.54, 1.807) is 4.90 Å². The average molecular weight is 459 g/mol. The molecule has 166 valence electrons. The number of carbonyl (C=O) groups excluding carboxylic acids is 2. The van der Waals surface area contributed by atoms with E-state index >= 15 is 0 Å². The van der Waals surface area contributed by atoms with Crippen molar-refractivity contribution in [3.05, 3.63) is 28.8 Å². The van der Waals surface area contributed by atoms with Gasteiger partial charge in [-0.3, -0.25) is 4.79 Å². The van der Waals surface area contributed by atoms with Gasteiger partial charge < -0.3 is 14.4 Å². The molecular formula is C20H27ClN2O6S. The van der Waals surface area contributed by atoms with Gasteiger partial charge in [0.15, 0.2) is 6.61 Å². The zero-order chi connectivity index (χ0) is 21.7. The molecule has 2 fully saturated rings. The summed E-state index contributed by atoms with van der Waals surface area (Å²) in [5.41, 5.74) is 0.0321. The van der Waals surface area contributed by atoms with Crippen LogP contribution in [0.25, 0.3) is 0 Å². The first-order valence-corrected chi connectivity index (χ1v) is 12.0. The van der Waals surface area contributed by atoms with Crippen molar-refractivity contribution in [2.45, 2.75) is 43.5 Å². The van der Waals surface area contributed by atoms with Crippen molar-refractivity contribution in [1.29, 1.82) is 0 Å². The second-order valence-electron chi connectivity index (χ2n) is 7.38. The molecule has 0 spiro atoms. The molecule has 2 aliphatic rings. The minimum Gasteiger partial charge on any atom is -0.452 e. The lowest BCUT2D eigenvalue weighted by Gasteiger charge is -2.35. The molecule has 0 bridgehead atoms. The monoisotopic (exact) mass is 458 g/mol. The number of morpholine rings is 1. The Morgan fingerprint density at radius 1 is 1.20 bits per heavy atom. The molecule has 1 amide bonds. The summed E-state index contributed by atoms with van der Waals surface area (Å²) in [5.74, 6) is -0.992. The molecule has 2 aliphatic heterocycles. The van der Waals surface area contributed by atoms with Gasteiger partial charge in [-0.2, -0.15) is 4.31 Å². The molecule has 2 saturated heterocycles. The van der Waals surface area contributed by atoms with Gasteiger partial charge in [-0.1, -0.05) is 18.5 Å². The molecule has 1 aromatic carbocycles. The van der Waals surface area contributed by atoms with Crippen molar-refractivity contribution in [1.82, 2.24) is 9.21 Å². The number of ether oxygens (including phenoxy) is 2. The van der Waals surface area contributed by atoms with Crippen molar-refractivity contribution in [3.8, 4) is 0 Å². The number of esters is 1. The molecule has 30 heavy (non-hydrogen) atoms. The number of rotatable bonds is 6. The van der Waals surface area contributed by atoms with Gasteiger partial charge in [-0.25, -0.2) is 13.2 Å². The zero-order valence-corrected chi connectivity index (χ0v) is 18.6. The Hall–Kier alpha value is -1.68. The smallest absolute Gasteiger partial charge is 0.338 e. The van der Waals surface area contributed by atoms with Crippen LogP contribution in [0.15, 0.2) is 23.1 Å². The van der Waals surface area contributed by atoms with E-state index in [4.69, 9.17) is 21.1 Å². The van der Waals surface area contributed by atoms with Crippen LogP contribution in [0.3, 0.4) is 0 Å². The number of nitrogens with zero attached hydrogens (tertiary/aromatic N) is 2. The highest BCUT2D eigenvalue weighted by molar-refractivity contribution is 7.89. The lowest BCUT2D eigenvalue weighted by molar-refractivity contribution is -0.138. The van der Waals surface area contributed by atoms with Crippen molar-refractivity contribution in [2.24, 2.45) is 0 Å². The Kier molecular flexibility index (Phi) is 7.73. The van der Waals surface area contributed by atoms with Crippen LogP contribution in [0.1, 0.15) is 43.0 Å². The maximum atomic E-state index is 12.9. The third-order valence-electron chi connectivity index (χ3n) is 5.50. The van der Waals surface area contributed by atoms with Crippen LogP contribution in [0, 0.1) is 0 Å². The molecule has 3 rings (SSSR count). The number of likely N-dealkylation sites (tertiary alicyclic amines) is 1. The van der Waals surface area contributed by atoms with Crippen LogP contribution in [0.4, 0.5) is 0 Å². The van der Waals surface area contributed by atoms with Gasteiger partial charge >= 0.3 is 5.97 Å². The van der Waals surface area contributed by atoms with Gasteiger partial charge in [0.05, 0.1) is 23.8 Å². The molecule has 1 unspecified atom stereocenters. The number of carbonyl (C=O) groups is 2. The number of piperidine rings is 1. The molecule has 1 atom stereocenters. The summed E-state index contributed by atoms with van der Waals surface area (Å²) in [6, 6.07) is 4.12. The van der Waals surface area contributed by atoms with Crippen LogP contribution >= 0.6 is 11.6 Å². The Bertz CT molecular complexity index is 885. The summed E-state index contributed by atoms with van der Waals surface area (Å²) in [6.07, 6.45) is 3.85. The molecule has 10 heteroatoms. The van der Waals surface area contributed by atoms with E-state index < -0.39 is 16.0 Å². The third kappa shape index (κ3) is 5.14. The number of halogens is 1. The Morgan fingerprint density at radius 2 is 1.93 bits per heavy atom. The minimum absolute atomic E-state index is 0.0215. The second kappa shape index (κ2) is 10.1. The van der Waals surface area contributed by atoms with E-state index in [-0.39, 0.29) is 47.1 Å². The van der Waals surface area contributed by atoms with Crippen molar-refractivity contribution < 1.29 is 27.5 Å². The first-order valence-electron chi connectivity index (χ1n) is 10.2. The van der Waals surface area contributed by atoms with Crippen LogP contribution in [-0.4, -0.2) is 75.0 Å². The van der Waals surface area contributed by atoms with E-state index in [9.17, 15) is 18.0 Å². The summed E-state index contributed by atoms with van der Waals surface area (Å²) in [7, 11) is -3.87. The lowest BCUT2D eigenvalue weighted by Crippen LogP contribution is -2.45. The number of benzene rings is 1. The number of amides is 1. The molecule has 0 saturated carbocycles. The normalized spacial score (nSPS) is 20.7. The van der Waals surface area contributed by atoms with Gasteiger partial charge in [0, 0.05) is 25.7 Å². The van der Waals surface area contributed by atoms with Gasteiger partial charge in [-0.15, -0.1) is 0 Å². The SMILES string of the molecule is CCC1CCCCN1C(=O)COC(=O)c1ccc(Cl)c(S(=O)(=O)N2CCOCC2)c1. The van der Waals surface area contributed by atoms with Gasteiger partial charge in [0.1, 0.15) is 4.90 Å². The maximum Gasteiger partial charge on any atom is 0.338 e. The fraction of sp³-hybridized carbons (Fsp3) is 0.600. The summed E-state index contributed by atoms with van der Waals surface area (Å²) < 4.78 is 37.5. The highest BCUT2D eigenvalue weighted by Crippen LogP contribution is 2.27. The zero-order valence-electron chi connectivity index (χ0n) is 17.0. The maximum absolute atomic E-state index is 12.9. The molecular weight excluding hydrogens is 432 g/mol. The van der Waals surface area contributed by atoms with Crippen molar-refractivity contribution in [3.63, 3.8) is 0 Å². The quantitative estimate of drug-likeness (QED) is 0.607. The molecule has 0 aromatic heterocycles. The first kappa shape index (κ1) is 23.0. The highest BCUT2D eigenvalue weighted by Gasteiger charge is 2.30. The van der Waals surface area contributed by atoms with E-state index in [1.807, 2.05) is 6.92 Å². The van der Waals surface area contributed by atoms with Gasteiger partial charge in [0.2, 0.25) is 10.0 Å². The number of hydrogen-bond acceptors (Lipinski definition) is 6. The fourth-order valence-electron chi connectivity index (χ4n) is 3.80. The predicted octanol–water partition coefficient (Wildman–Crippen LogP) is 2.31. The minimum atomic E-state index is -3.87. The molecule has 8 nitrogen and oxygen atoms in total. The molecule has 0 radical (unpaired) electrons. The van der Waals surface area contributed by atoms with E-state index in [1.165, 1.54) is 22.5 Å². The number of hydrogen-bond donors (Lipinski definition) is 0. The van der Waals surface area contributed by atoms with Crippen LogP contribution in [-0.2, 0) is 24.3 Å². The first-order chi connectivity index (χ1) is 14.3. The van der Waals surface area contributed by atoms with Crippen molar-refractivity contribution in [2.75, 3.05) is 39.5 Å². The largest absolute Gasteiger partial charge is 0.452 e. The van der Waals surface area contributed by atoms with Crippen LogP contribution in [0.5, 0.6) is 0 Å². The second-order valence-corrected chi connectivity index (χ2v) is 9.70. The molecule has 0 aliphatic carbocycles.